The van der Waals surface area contributed by atoms with Gasteiger partial charge in [0.2, 0.25) is 0 Å². The highest BCUT2D eigenvalue weighted by Crippen LogP contribution is 2.21. The number of halogens is 1. The molecular weight excluding hydrogens is 369 g/mol. The average molecular weight is 383 g/mol. The Morgan fingerprint density at radius 3 is 2.59 bits per heavy atom. The fraction of sp³-hybridized carbons (Fsp3) is 0. The first-order valence-corrected chi connectivity index (χ1v) is 9.45. The number of hydrogen-bond donors (Lipinski definition) is 2. The third kappa shape index (κ3) is 3.22. The second-order valence-electron chi connectivity index (χ2n) is 5.92. The molecule has 0 atom stereocenters. The lowest BCUT2D eigenvalue weighted by Gasteiger charge is -2.06. The maximum atomic E-state index is 12.9. The van der Waals surface area contributed by atoms with Crippen molar-refractivity contribution in [2.24, 2.45) is 0 Å². The van der Waals surface area contributed by atoms with Crippen molar-refractivity contribution in [3.63, 3.8) is 0 Å². The van der Waals surface area contributed by atoms with E-state index >= 15 is 0 Å². The molecule has 2 aromatic carbocycles. The molecule has 0 spiro atoms. The van der Waals surface area contributed by atoms with Gasteiger partial charge in [-0.3, -0.25) is 4.79 Å². The number of anilines is 1. The number of H-pyrrole nitrogens is 1. The Bertz CT molecular complexity index is 1240. The Morgan fingerprint density at radius 2 is 1.81 bits per heavy atom. The van der Waals surface area contributed by atoms with Crippen LogP contribution in [-0.4, -0.2) is 23.3 Å². The number of nitrogens with zero attached hydrogens (tertiary/aromatic N) is 1. The predicted octanol–water partition coefficient (Wildman–Crippen LogP) is 3.60. The topological polar surface area (TPSA) is 84.0 Å². The third-order valence-electron chi connectivity index (χ3n) is 4.13. The molecule has 27 heavy (non-hydrogen) atoms. The van der Waals surface area contributed by atoms with Crippen molar-refractivity contribution >= 4 is 32.5 Å². The third-order valence-corrected chi connectivity index (χ3v) is 5.76. The SMILES string of the molecule is O=C(Nc1ccc(F)cc1)c1ccn(S(=O)(=O)c2ccc3[nH]ccc3c2)c1. The molecule has 0 aliphatic rings. The molecule has 0 aliphatic heterocycles. The largest absolute Gasteiger partial charge is 0.361 e. The molecule has 0 unspecified atom stereocenters. The molecule has 0 saturated carbocycles. The summed E-state index contributed by atoms with van der Waals surface area (Å²) in [5, 5.41) is 3.37. The summed E-state index contributed by atoms with van der Waals surface area (Å²) in [5.74, 6) is -0.902. The summed E-state index contributed by atoms with van der Waals surface area (Å²) in [6.07, 6.45) is 4.29. The van der Waals surface area contributed by atoms with Crippen LogP contribution in [0.25, 0.3) is 10.9 Å². The molecule has 136 valence electrons. The molecule has 0 saturated heterocycles. The number of amides is 1. The van der Waals surface area contributed by atoms with E-state index in [0.717, 1.165) is 14.9 Å². The van der Waals surface area contributed by atoms with Gasteiger partial charge in [0.05, 0.1) is 10.5 Å². The summed E-state index contributed by atoms with van der Waals surface area (Å²) < 4.78 is 39.6. The Labute approximate surface area is 154 Å². The van der Waals surface area contributed by atoms with Crippen LogP contribution >= 0.6 is 0 Å². The molecule has 2 heterocycles. The number of aromatic amines is 1. The van der Waals surface area contributed by atoms with E-state index < -0.39 is 21.7 Å². The van der Waals surface area contributed by atoms with Crippen LogP contribution in [0.1, 0.15) is 10.4 Å². The lowest BCUT2D eigenvalue weighted by atomic mass is 10.2. The molecule has 2 N–H and O–H groups in total. The number of carbonyl (C=O) groups excluding carboxylic acids is 1. The number of aromatic nitrogens is 2. The first-order chi connectivity index (χ1) is 12.9. The summed E-state index contributed by atoms with van der Waals surface area (Å²) >= 11 is 0. The maximum Gasteiger partial charge on any atom is 0.267 e. The molecule has 4 aromatic rings. The summed E-state index contributed by atoms with van der Waals surface area (Å²) in [4.78, 5) is 15.4. The maximum absolute atomic E-state index is 12.9. The molecule has 2 aromatic heterocycles. The van der Waals surface area contributed by atoms with Crippen molar-refractivity contribution in [1.29, 1.82) is 0 Å². The van der Waals surface area contributed by atoms with Gasteiger partial charge in [0.25, 0.3) is 15.9 Å². The van der Waals surface area contributed by atoms with Crippen LogP contribution in [0.15, 0.2) is 78.1 Å². The molecule has 6 nitrogen and oxygen atoms in total. The Morgan fingerprint density at radius 1 is 1.04 bits per heavy atom. The molecule has 0 bridgehead atoms. The van der Waals surface area contributed by atoms with Crippen LogP contribution in [0, 0.1) is 5.82 Å². The van der Waals surface area contributed by atoms with Crippen LogP contribution in [0.3, 0.4) is 0 Å². The van der Waals surface area contributed by atoms with Crippen molar-refractivity contribution in [1.82, 2.24) is 8.96 Å². The number of benzene rings is 2. The van der Waals surface area contributed by atoms with Crippen molar-refractivity contribution < 1.29 is 17.6 Å². The summed E-state index contributed by atoms with van der Waals surface area (Å²) in [6, 6.07) is 13.3. The van der Waals surface area contributed by atoms with Gasteiger partial charge in [0.1, 0.15) is 5.82 Å². The van der Waals surface area contributed by atoms with E-state index in [1.54, 1.807) is 24.4 Å². The highest BCUT2D eigenvalue weighted by molar-refractivity contribution is 7.90. The van der Waals surface area contributed by atoms with Crippen molar-refractivity contribution in [2.75, 3.05) is 5.32 Å². The number of nitrogens with one attached hydrogen (secondary N) is 2. The summed E-state index contributed by atoms with van der Waals surface area (Å²) in [7, 11) is -3.83. The molecule has 0 radical (unpaired) electrons. The van der Waals surface area contributed by atoms with Crippen LogP contribution in [-0.2, 0) is 10.0 Å². The van der Waals surface area contributed by atoms with E-state index in [4.69, 9.17) is 0 Å². The van der Waals surface area contributed by atoms with Gasteiger partial charge >= 0.3 is 0 Å². The fourth-order valence-electron chi connectivity index (χ4n) is 2.71. The van der Waals surface area contributed by atoms with E-state index in [-0.39, 0.29) is 10.5 Å². The van der Waals surface area contributed by atoms with Crippen LogP contribution < -0.4 is 5.32 Å². The highest BCUT2D eigenvalue weighted by atomic mass is 32.2. The first kappa shape index (κ1) is 17.0. The van der Waals surface area contributed by atoms with Gasteiger partial charge in [0.15, 0.2) is 0 Å². The second kappa shape index (κ2) is 6.40. The molecular formula is C19H14FN3O3S. The number of carbonyl (C=O) groups is 1. The number of fused-ring (bicyclic) bond motifs is 1. The first-order valence-electron chi connectivity index (χ1n) is 8.01. The van der Waals surface area contributed by atoms with E-state index in [9.17, 15) is 17.6 Å². The Balaban J connectivity index is 1.60. The minimum Gasteiger partial charge on any atom is -0.361 e. The fourth-order valence-corrected chi connectivity index (χ4v) is 3.94. The van der Waals surface area contributed by atoms with Gasteiger partial charge in [0, 0.05) is 35.2 Å². The highest BCUT2D eigenvalue weighted by Gasteiger charge is 2.19. The summed E-state index contributed by atoms with van der Waals surface area (Å²) in [6.45, 7) is 0. The van der Waals surface area contributed by atoms with E-state index in [1.165, 1.54) is 48.8 Å². The van der Waals surface area contributed by atoms with Gasteiger partial charge in [-0.1, -0.05) is 0 Å². The van der Waals surface area contributed by atoms with Gasteiger partial charge in [-0.15, -0.1) is 0 Å². The van der Waals surface area contributed by atoms with Crippen molar-refractivity contribution in [3.05, 3.63) is 84.6 Å². The molecule has 8 heteroatoms. The van der Waals surface area contributed by atoms with Crippen molar-refractivity contribution in [2.45, 2.75) is 4.90 Å². The second-order valence-corrected chi connectivity index (χ2v) is 7.77. The van der Waals surface area contributed by atoms with Crippen LogP contribution in [0.4, 0.5) is 10.1 Å². The van der Waals surface area contributed by atoms with Gasteiger partial charge in [-0.25, -0.2) is 16.8 Å². The number of rotatable bonds is 4. The van der Waals surface area contributed by atoms with Gasteiger partial charge in [-0.05, 0) is 54.6 Å². The Kier molecular flexibility index (Phi) is 4.04. The zero-order chi connectivity index (χ0) is 19.0. The quantitative estimate of drug-likeness (QED) is 0.565. The van der Waals surface area contributed by atoms with Gasteiger partial charge in [-0.2, -0.15) is 0 Å². The van der Waals surface area contributed by atoms with Crippen LogP contribution in [0.2, 0.25) is 0 Å². The standard InChI is InChI=1S/C19H14FN3O3S/c20-15-1-3-16(4-2-15)22-19(24)14-8-10-23(12-14)27(25,26)17-5-6-18-13(11-17)7-9-21-18/h1-12,21H,(H,22,24). The normalized spacial score (nSPS) is 11.6. The zero-order valence-electron chi connectivity index (χ0n) is 13.9. The smallest absolute Gasteiger partial charge is 0.267 e. The molecule has 0 fully saturated rings. The lowest BCUT2D eigenvalue weighted by molar-refractivity contribution is 0.102. The van der Waals surface area contributed by atoms with E-state index in [2.05, 4.69) is 10.3 Å². The average Bonchev–Trinajstić information content (AvgIpc) is 3.32. The van der Waals surface area contributed by atoms with Gasteiger partial charge < -0.3 is 10.3 Å². The molecule has 0 aliphatic carbocycles. The predicted molar refractivity (Wildman–Crippen MR) is 99.7 cm³/mol. The lowest BCUT2D eigenvalue weighted by Crippen LogP contribution is -2.13. The number of hydrogen-bond acceptors (Lipinski definition) is 3. The van der Waals surface area contributed by atoms with E-state index in [0.29, 0.717) is 5.69 Å². The minimum atomic E-state index is -3.83. The molecule has 4 rings (SSSR count). The van der Waals surface area contributed by atoms with Crippen molar-refractivity contribution in [3.8, 4) is 0 Å². The Hall–Kier alpha value is -3.39. The molecule has 1 amide bonds. The zero-order valence-corrected chi connectivity index (χ0v) is 14.7. The summed E-state index contributed by atoms with van der Waals surface area (Å²) in [5.41, 5.74) is 1.42. The van der Waals surface area contributed by atoms with E-state index in [1.807, 2.05) is 0 Å². The minimum absolute atomic E-state index is 0.121. The van der Waals surface area contributed by atoms with Crippen LogP contribution in [0.5, 0.6) is 0 Å². The monoisotopic (exact) mass is 383 g/mol.